The molecule has 0 aromatic carbocycles. The first-order chi connectivity index (χ1) is 7.35. The summed E-state index contributed by atoms with van der Waals surface area (Å²) in [5.74, 6) is -1.56. The van der Waals surface area contributed by atoms with Crippen molar-refractivity contribution in [2.75, 3.05) is 0 Å². The molecular formula is C9H15N3O4. The maximum atomic E-state index is 11.4. The summed E-state index contributed by atoms with van der Waals surface area (Å²) in [5.41, 5.74) is 3.84. The van der Waals surface area contributed by atoms with Crippen LogP contribution < -0.4 is 16.4 Å². The van der Waals surface area contributed by atoms with Crippen LogP contribution in [0.3, 0.4) is 0 Å². The number of carbonyl (C=O) groups excluding carboxylic acids is 2. The molecule has 0 spiro atoms. The maximum absolute atomic E-state index is 11.4. The van der Waals surface area contributed by atoms with E-state index in [2.05, 4.69) is 10.6 Å². The zero-order chi connectivity index (χ0) is 12.3. The van der Waals surface area contributed by atoms with E-state index in [4.69, 9.17) is 10.8 Å². The summed E-state index contributed by atoms with van der Waals surface area (Å²) < 4.78 is 0. The van der Waals surface area contributed by atoms with Crippen LogP contribution in [0.5, 0.6) is 0 Å². The van der Waals surface area contributed by atoms with Crippen molar-refractivity contribution in [3.05, 3.63) is 0 Å². The van der Waals surface area contributed by atoms with Gasteiger partial charge >= 0.3 is 12.0 Å². The van der Waals surface area contributed by atoms with Crippen molar-refractivity contribution >= 4 is 17.9 Å². The van der Waals surface area contributed by atoms with E-state index in [9.17, 15) is 14.4 Å². The van der Waals surface area contributed by atoms with E-state index in [0.717, 1.165) is 0 Å². The third-order valence-corrected chi connectivity index (χ3v) is 2.40. The van der Waals surface area contributed by atoms with E-state index in [0.29, 0.717) is 12.8 Å². The third-order valence-electron chi connectivity index (χ3n) is 2.40. The monoisotopic (exact) mass is 229 g/mol. The average molecular weight is 229 g/mol. The second kappa shape index (κ2) is 4.38. The van der Waals surface area contributed by atoms with Gasteiger partial charge in [0.05, 0.1) is 0 Å². The molecule has 7 heteroatoms. The Morgan fingerprint density at radius 1 is 1.44 bits per heavy atom. The lowest BCUT2D eigenvalue weighted by Crippen LogP contribution is -2.50. The number of hydrogen-bond acceptors (Lipinski definition) is 3. The van der Waals surface area contributed by atoms with Crippen LogP contribution in [0.4, 0.5) is 4.79 Å². The molecular weight excluding hydrogens is 214 g/mol. The number of nitrogens with one attached hydrogen (secondary N) is 2. The van der Waals surface area contributed by atoms with E-state index >= 15 is 0 Å². The second-order valence-electron chi connectivity index (χ2n) is 4.06. The Labute approximate surface area is 92.4 Å². The molecule has 1 aliphatic carbocycles. The van der Waals surface area contributed by atoms with E-state index in [-0.39, 0.29) is 6.42 Å². The smallest absolute Gasteiger partial charge is 0.329 e. The molecule has 16 heavy (non-hydrogen) atoms. The molecule has 0 aromatic rings. The molecule has 1 fully saturated rings. The zero-order valence-corrected chi connectivity index (χ0v) is 8.95. The number of nitrogens with two attached hydrogens (primary N) is 1. The average Bonchev–Trinajstić information content (AvgIpc) is 2.82. The van der Waals surface area contributed by atoms with Gasteiger partial charge in [0.1, 0.15) is 5.54 Å². The van der Waals surface area contributed by atoms with Crippen molar-refractivity contribution < 1.29 is 19.5 Å². The first-order valence-electron chi connectivity index (χ1n) is 4.96. The normalized spacial score (nSPS) is 18.3. The van der Waals surface area contributed by atoms with Crippen molar-refractivity contribution in [2.24, 2.45) is 5.73 Å². The van der Waals surface area contributed by atoms with Crippen LogP contribution in [0.25, 0.3) is 0 Å². The molecule has 1 unspecified atom stereocenters. The van der Waals surface area contributed by atoms with Crippen LogP contribution in [0.1, 0.15) is 26.2 Å². The number of rotatable bonds is 5. The fraction of sp³-hybridized carbons (Fsp3) is 0.667. The zero-order valence-electron chi connectivity index (χ0n) is 8.95. The topological polar surface area (TPSA) is 122 Å². The number of amides is 3. The fourth-order valence-corrected chi connectivity index (χ4v) is 1.35. The Balaban J connectivity index is 2.36. The fourth-order valence-electron chi connectivity index (χ4n) is 1.35. The summed E-state index contributed by atoms with van der Waals surface area (Å²) in [6.45, 7) is 1.62. The number of aliphatic carboxylic acids is 1. The quantitative estimate of drug-likeness (QED) is 0.491. The van der Waals surface area contributed by atoms with Crippen LogP contribution >= 0.6 is 0 Å². The predicted molar refractivity (Wildman–Crippen MR) is 54.5 cm³/mol. The Bertz CT molecular complexity index is 325. The van der Waals surface area contributed by atoms with Crippen molar-refractivity contribution in [3.8, 4) is 0 Å². The highest BCUT2D eigenvalue weighted by Gasteiger charge is 2.51. The molecule has 3 amide bonds. The van der Waals surface area contributed by atoms with Gasteiger partial charge in [0.15, 0.2) is 0 Å². The molecule has 1 saturated carbocycles. The van der Waals surface area contributed by atoms with Crippen molar-refractivity contribution in [1.29, 1.82) is 0 Å². The Morgan fingerprint density at radius 3 is 2.38 bits per heavy atom. The van der Waals surface area contributed by atoms with Gasteiger partial charge in [-0.05, 0) is 19.8 Å². The van der Waals surface area contributed by atoms with E-state index in [1.165, 1.54) is 0 Å². The lowest BCUT2D eigenvalue weighted by Gasteiger charge is -2.16. The summed E-state index contributed by atoms with van der Waals surface area (Å²) in [4.78, 5) is 32.7. The highest BCUT2D eigenvalue weighted by molar-refractivity contribution is 5.89. The molecule has 1 rings (SSSR count). The van der Waals surface area contributed by atoms with Crippen molar-refractivity contribution in [2.45, 2.75) is 37.8 Å². The number of carboxylic acids is 1. The van der Waals surface area contributed by atoms with Gasteiger partial charge in [0.25, 0.3) is 0 Å². The molecule has 0 aliphatic heterocycles. The van der Waals surface area contributed by atoms with Crippen LogP contribution in [-0.4, -0.2) is 34.6 Å². The number of carboxylic acid groups (broad SMARTS) is 1. The minimum Gasteiger partial charge on any atom is -0.480 e. The summed E-state index contributed by atoms with van der Waals surface area (Å²) in [7, 11) is 0. The lowest BCUT2D eigenvalue weighted by molar-refractivity contribution is -0.140. The molecule has 1 atom stereocenters. The van der Waals surface area contributed by atoms with Gasteiger partial charge in [-0.25, -0.2) is 9.59 Å². The third kappa shape index (κ3) is 3.11. The van der Waals surface area contributed by atoms with Gasteiger partial charge in [-0.1, -0.05) is 0 Å². The van der Waals surface area contributed by atoms with Gasteiger partial charge in [-0.15, -0.1) is 0 Å². The largest absolute Gasteiger partial charge is 0.480 e. The summed E-state index contributed by atoms with van der Waals surface area (Å²) >= 11 is 0. The lowest BCUT2D eigenvalue weighted by atomic mass is 10.2. The first kappa shape index (κ1) is 12.3. The standard InChI is InChI=1S/C9H15N3O4/c1-5(4-6(10)13)11-8(16)12-9(2-3-9)7(14)15/h5H,2-4H2,1H3,(H2,10,13)(H,14,15)(H2,11,12,16). The Hall–Kier alpha value is -1.79. The maximum Gasteiger partial charge on any atom is 0.329 e. The molecule has 1 aliphatic rings. The summed E-state index contributed by atoms with van der Waals surface area (Å²) in [5, 5.41) is 13.6. The highest BCUT2D eigenvalue weighted by atomic mass is 16.4. The van der Waals surface area contributed by atoms with Crippen LogP contribution in [-0.2, 0) is 9.59 Å². The number of carbonyl (C=O) groups is 3. The van der Waals surface area contributed by atoms with Crippen molar-refractivity contribution in [3.63, 3.8) is 0 Å². The van der Waals surface area contributed by atoms with E-state index < -0.39 is 29.5 Å². The molecule has 90 valence electrons. The molecule has 7 nitrogen and oxygen atoms in total. The number of hydrogen-bond donors (Lipinski definition) is 4. The summed E-state index contributed by atoms with van der Waals surface area (Å²) in [6.07, 6.45) is 0.882. The van der Waals surface area contributed by atoms with Gasteiger partial charge in [0, 0.05) is 12.5 Å². The minimum atomic E-state index is -1.11. The van der Waals surface area contributed by atoms with Gasteiger partial charge in [0.2, 0.25) is 5.91 Å². The summed E-state index contributed by atoms with van der Waals surface area (Å²) in [6, 6.07) is -1.00. The molecule has 0 bridgehead atoms. The van der Waals surface area contributed by atoms with Gasteiger partial charge in [-0.3, -0.25) is 4.79 Å². The number of primary amides is 1. The Morgan fingerprint density at radius 2 is 2.00 bits per heavy atom. The van der Waals surface area contributed by atoms with Gasteiger partial charge in [-0.2, -0.15) is 0 Å². The number of urea groups is 1. The first-order valence-corrected chi connectivity index (χ1v) is 4.96. The molecule has 0 saturated heterocycles. The SMILES string of the molecule is CC(CC(N)=O)NC(=O)NC1(C(=O)O)CC1. The van der Waals surface area contributed by atoms with Crippen LogP contribution in [0, 0.1) is 0 Å². The van der Waals surface area contributed by atoms with Crippen LogP contribution in [0.2, 0.25) is 0 Å². The highest BCUT2D eigenvalue weighted by Crippen LogP contribution is 2.35. The predicted octanol–water partition coefficient (Wildman–Crippen LogP) is -0.833. The molecule has 0 aromatic heterocycles. The molecule has 0 radical (unpaired) electrons. The second-order valence-corrected chi connectivity index (χ2v) is 4.06. The van der Waals surface area contributed by atoms with Crippen LogP contribution in [0.15, 0.2) is 0 Å². The molecule has 5 N–H and O–H groups in total. The Kier molecular flexibility index (Phi) is 3.36. The van der Waals surface area contributed by atoms with E-state index in [1.807, 2.05) is 0 Å². The van der Waals surface area contributed by atoms with E-state index in [1.54, 1.807) is 6.92 Å². The molecule has 0 heterocycles. The minimum absolute atomic E-state index is 0.0213. The van der Waals surface area contributed by atoms with Crippen molar-refractivity contribution in [1.82, 2.24) is 10.6 Å². The van der Waals surface area contributed by atoms with Gasteiger partial charge < -0.3 is 21.5 Å².